The fourth-order valence-corrected chi connectivity index (χ4v) is 3.65. The monoisotopic (exact) mass is 319 g/mol. The number of hydrogen-bond acceptors (Lipinski definition) is 5. The molecule has 1 N–H and O–H groups in total. The van der Waals surface area contributed by atoms with E-state index in [9.17, 15) is 8.42 Å². The Bertz CT molecular complexity index is 820. The van der Waals surface area contributed by atoms with Crippen molar-refractivity contribution in [3.63, 3.8) is 0 Å². The van der Waals surface area contributed by atoms with Crippen LogP contribution in [0.4, 0.5) is 0 Å². The van der Waals surface area contributed by atoms with E-state index in [0.717, 1.165) is 0 Å². The highest BCUT2D eigenvalue weighted by molar-refractivity contribution is 7.89. The molecule has 0 radical (unpaired) electrons. The van der Waals surface area contributed by atoms with E-state index in [1.807, 2.05) is 6.07 Å². The second-order valence-corrected chi connectivity index (χ2v) is 6.88. The van der Waals surface area contributed by atoms with Crippen LogP contribution in [0.5, 0.6) is 0 Å². The van der Waals surface area contributed by atoms with Crippen LogP contribution in [0.15, 0.2) is 29.3 Å². The lowest BCUT2D eigenvalue weighted by Crippen LogP contribution is -2.34. The maximum atomic E-state index is 12.5. The third-order valence-corrected chi connectivity index (χ3v) is 4.86. The number of nitriles is 1. The molecule has 0 amide bonds. The van der Waals surface area contributed by atoms with Gasteiger partial charge in [0.15, 0.2) is 0 Å². The van der Waals surface area contributed by atoms with Crippen LogP contribution in [-0.4, -0.2) is 29.5 Å². The average molecular weight is 319 g/mol. The van der Waals surface area contributed by atoms with E-state index in [-0.39, 0.29) is 10.9 Å². The van der Waals surface area contributed by atoms with Gasteiger partial charge in [-0.1, -0.05) is 11.3 Å². The van der Waals surface area contributed by atoms with Crippen LogP contribution in [0.25, 0.3) is 0 Å². The number of hydrogen-bond donors (Lipinski definition) is 1. The molecule has 0 aliphatic heterocycles. The molecule has 0 aliphatic carbocycles. The quantitative estimate of drug-likeness (QED) is 0.882. The third kappa shape index (κ3) is 3.69. The molecule has 7 nitrogen and oxygen atoms in total. The second-order valence-electron chi connectivity index (χ2n) is 5.20. The standard InChI is InChI=1S/C14H17N5O2S/c1-10-4-5-12(8-15)7-14(10)22(20,21)17-11(2)6-13-9-19(3)18-16-13/h4-5,7,9,11,17H,6H2,1-3H3/t11-/m1/s1. The summed E-state index contributed by atoms with van der Waals surface area (Å²) in [6, 6.07) is 6.21. The first-order valence-electron chi connectivity index (χ1n) is 6.70. The van der Waals surface area contributed by atoms with Gasteiger partial charge in [-0.3, -0.25) is 4.68 Å². The molecule has 2 rings (SSSR count). The summed E-state index contributed by atoms with van der Waals surface area (Å²) in [4.78, 5) is 0.123. The van der Waals surface area contributed by atoms with Gasteiger partial charge in [0, 0.05) is 25.7 Å². The Morgan fingerprint density at radius 2 is 2.18 bits per heavy atom. The molecule has 22 heavy (non-hydrogen) atoms. The summed E-state index contributed by atoms with van der Waals surface area (Å²) in [6.07, 6.45) is 2.18. The minimum absolute atomic E-state index is 0.123. The van der Waals surface area contributed by atoms with Crippen LogP contribution in [0.3, 0.4) is 0 Å². The maximum Gasteiger partial charge on any atom is 0.241 e. The van der Waals surface area contributed by atoms with Crippen molar-refractivity contribution in [2.45, 2.75) is 31.2 Å². The summed E-state index contributed by atoms with van der Waals surface area (Å²) in [7, 11) is -1.94. The zero-order valence-electron chi connectivity index (χ0n) is 12.6. The van der Waals surface area contributed by atoms with Gasteiger partial charge in [0.05, 0.1) is 22.2 Å². The first-order chi connectivity index (χ1) is 10.3. The van der Waals surface area contributed by atoms with Gasteiger partial charge in [0.25, 0.3) is 0 Å². The van der Waals surface area contributed by atoms with Crippen molar-refractivity contribution < 1.29 is 8.42 Å². The van der Waals surface area contributed by atoms with E-state index < -0.39 is 10.0 Å². The smallest absolute Gasteiger partial charge is 0.241 e. The molecule has 116 valence electrons. The summed E-state index contributed by atoms with van der Waals surface area (Å²) < 4.78 is 29.1. The van der Waals surface area contributed by atoms with Gasteiger partial charge < -0.3 is 0 Å². The molecular weight excluding hydrogens is 302 g/mol. The van der Waals surface area contributed by atoms with Crippen molar-refractivity contribution >= 4 is 10.0 Å². The second kappa shape index (κ2) is 6.25. The molecular formula is C14H17N5O2S. The number of sulfonamides is 1. The van der Waals surface area contributed by atoms with Crippen molar-refractivity contribution in [2.24, 2.45) is 7.05 Å². The molecule has 8 heteroatoms. The van der Waals surface area contributed by atoms with Crippen LogP contribution in [-0.2, 0) is 23.5 Å². The molecule has 0 fully saturated rings. The molecule has 0 saturated carbocycles. The highest BCUT2D eigenvalue weighted by Gasteiger charge is 2.20. The Hall–Kier alpha value is -2.24. The topological polar surface area (TPSA) is 101 Å². The fraction of sp³-hybridized carbons (Fsp3) is 0.357. The summed E-state index contributed by atoms with van der Waals surface area (Å²) >= 11 is 0. The minimum Gasteiger partial charge on any atom is -0.255 e. The van der Waals surface area contributed by atoms with Crippen molar-refractivity contribution in [1.29, 1.82) is 5.26 Å². The van der Waals surface area contributed by atoms with E-state index in [0.29, 0.717) is 23.2 Å². The van der Waals surface area contributed by atoms with Crippen molar-refractivity contribution in [3.8, 4) is 6.07 Å². The van der Waals surface area contributed by atoms with E-state index in [2.05, 4.69) is 15.0 Å². The number of nitrogens with one attached hydrogen (secondary N) is 1. The predicted molar refractivity (Wildman–Crippen MR) is 80.4 cm³/mol. The van der Waals surface area contributed by atoms with Crippen LogP contribution >= 0.6 is 0 Å². The molecule has 1 heterocycles. The predicted octanol–water partition coefficient (Wildman–Crippen LogP) is 0.905. The van der Waals surface area contributed by atoms with Gasteiger partial charge in [-0.2, -0.15) is 5.26 Å². The molecule has 0 spiro atoms. The summed E-state index contributed by atoms with van der Waals surface area (Å²) in [5.41, 5.74) is 1.62. The van der Waals surface area contributed by atoms with Crippen LogP contribution in [0, 0.1) is 18.3 Å². The normalized spacial score (nSPS) is 12.8. The minimum atomic E-state index is -3.69. The molecule has 0 saturated heterocycles. The van der Waals surface area contributed by atoms with Gasteiger partial charge in [-0.05, 0) is 31.5 Å². The van der Waals surface area contributed by atoms with E-state index in [4.69, 9.17) is 5.26 Å². The lowest BCUT2D eigenvalue weighted by molar-refractivity contribution is 0.557. The molecule has 1 atom stereocenters. The summed E-state index contributed by atoms with van der Waals surface area (Å²) in [5.74, 6) is 0. The third-order valence-electron chi connectivity index (χ3n) is 3.13. The Labute approximate surface area is 129 Å². The van der Waals surface area contributed by atoms with Crippen molar-refractivity contribution in [2.75, 3.05) is 0 Å². The SMILES string of the molecule is Cc1ccc(C#N)cc1S(=O)(=O)N[C@H](C)Cc1cn(C)nn1. The molecule has 0 aliphatic rings. The van der Waals surface area contributed by atoms with Crippen molar-refractivity contribution in [3.05, 3.63) is 41.2 Å². The number of benzene rings is 1. The van der Waals surface area contributed by atoms with Crippen LogP contribution < -0.4 is 4.72 Å². The highest BCUT2D eigenvalue weighted by atomic mass is 32.2. The maximum absolute atomic E-state index is 12.5. The number of nitrogens with zero attached hydrogens (tertiary/aromatic N) is 4. The Balaban J connectivity index is 2.19. The van der Waals surface area contributed by atoms with Gasteiger partial charge >= 0.3 is 0 Å². The first-order valence-corrected chi connectivity index (χ1v) is 8.18. The Kier molecular flexibility index (Phi) is 4.59. The van der Waals surface area contributed by atoms with Gasteiger partial charge in [-0.25, -0.2) is 13.1 Å². The zero-order valence-corrected chi connectivity index (χ0v) is 13.4. The lowest BCUT2D eigenvalue weighted by atomic mass is 10.2. The Morgan fingerprint density at radius 3 is 2.77 bits per heavy atom. The first kappa shape index (κ1) is 16.1. The number of aromatic nitrogens is 3. The van der Waals surface area contributed by atoms with Crippen LogP contribution in [0.2, 0.25) is 0 Å². The van der Waals surface area contributed by atoms with Gasteiger partial charge in [-0.15, -0.1) is 5.10 Å². The molecule has 0 bridgehead atoms. The molecule has 1 aromatic carbocycles. The van der Waals surface area contributed by atoms with E-state index in [1.54, 1.807) is 43.9 Å². The summed E-state index contributed by atoms with van der Waals surface area (Å²) in [5, 5.41) is 16.7. The molecule has 2 aromatic rings. The number of aryl methyl sites for hydroxylation is 2. The highest BCUT2D eigenvalue weighted by Crippen LogP contribution is 2.17. The van der Waals surface area contributed by atoms with Gasteiger partial charge in [0.2, 0.25) is 10.0 Å². The fourth-order valence-electron chi connectivity index (χ4n) is 2.13. The van der Waals surface area contributed by atoms with E-state index in [1.165, 1.54) is 6.07 Å². The zero-order chi connectivity index (χ0) is 16.3. The Morgan fingerprint density at radius 1 is 1.45 bits per heavy atom. The lowest BCUT2D eigenvalue weighted by Gasteiger charge is -2.14. The van der Waals surface area contributed by atoms with Crippen molar-refractivity contribution in [1.82, 2.24) is 19.7 Å². The number of rotatable bonds is 5. The van der Waals surface area contributed by atoms with Gasteiger partial charge in [0.1, 0.15) is 0 Å². The van der Waals surface area contributed by atoms with Crippen LogP contribution in [0.1, 0.15) is 23.7 Å². The average Bonchev–Trinajstić information content (AvgIpc) is 2.83. The molecule has 0 unspecified atom stereocenters. The molecule has 1 aromatic heterocycles. The van der Waals surface area contributed by atoms with E-state index >= 15 is 0 Å². The largest absolute Gasteiger partial charge is 0.255 e. The summed E-state index contributed by atoms with van der Waals surface area (Å²) in [6.45, 7) is 3.46.